The Morgan fingerprint density at radius 1 is 1.12 bits per heavy atom. The number of rotatable bonds is 12. The van der Waals surface area contributed by atoms with Gasteiger partial charge < -0.3 is 9.64 Å². The van der Waals surface area contributed by atoms with Crippen molar-refractivity contribution in [2.45, 2.75) is 76.4 Å². The number of halogens is 1. The van der Waals surface area contributed by atoms with E-state index in [0.717, 1.165) is 24.8 Å². The van der Waals surface area contributed by atoms with Crippen LogP contribution in [0, 0.1) is 12.3 Å². The van der Waals surface area contributed by atoms with Crippen molar-refractivity contribution in [3.8, 4) is 29.4 Å². The lowest BCUT2D eigenvalue weighted by molar-refractivity contribution is -0.118. The second kappa shape index (κ2) is 14.0. The summed E-state index contributed by atoms with van der Waals surface area (Å²) in [5.41, 5.74) is 1.72. The average Bonchev–Trinajstić information content (AvgIpc) is 3.32. The lowest BCUT2D eigenvalue weighted by Gasteiger charge is -2.29. The van der Waals surface area contributed by atoms with E-state index in [-0.39, 0.29) is 47.0 Å². The molecule has 1 amide bonds. The van der Waals surface area contributed by atoms with Gasteiger partial charge in [-0.1, -0.05) is 30.7 Å². The Hall–Kier alpha value is -3.94. The van der Waals surface area contributed by atoms with Crippen LogP contribution >= 0.6 is 11.6 Å². The number of Topliss-reactive ketones (excluding diaryl/α,β-unsaturated/α-hetero) is 1. The van der Waals surface area contributed by atoms with Crippen LogP contribution in [0.5, 0.6) is 5.75 Å². The van der Waals surface area contributed by atoms with Crippen LogP contribution in [0.4, 0.5) is 5.82 Å². The Labute approximate surface area is 258 Å². The van der Waals surface area contributed by atoms with E-state index in [2.05, 4.69) is 34.4 Å². The smallest absolute Gasteiger partial charge is 0.281 e. The largest absolute Gasteiger partial charge is 0.492 e. The molecule has 11 heteroatoms. The normalized spacial score (nSPS) is 16.5. The number of pyridine rings is 2. The maximum Gasteiger partial charge on any atom is 0.281 e. The minimum Gasteiger partial charge on any atom is -0.492 e. The van der Waals surface area contributed by atoms with Crippen molar-refractivity contribution in [3.05, 3.63) is 64.8 Å². The summed E-state index contributed by atoms with van der Waals surface area (Å²) in [5, 5.41) is 0.118. The highest BCUT2D eigenvalue weighted by Crippen LogP contribution is 2.35. The Bertz CT molecular complexity index is 1640. The van der Waals surface area contributed by atoms with Gasteiger partial charge in [0.2, 0.25) is 0 Å². The molecule has 1 aliphatic rings. The maximum atomic E-state index is 13.6. The summed E-state index contributed by atoms with van der Waals surface area (Å²) in [7, 11) is -4.36. The van der Waals surface area contributed by atoms with Gasteiger partial charge in [0, 0.05) is 42.6 Å². The van der Waals surface area contributed by atoms with E-state index in [1.807, 2.05) is 13.0 Å². The molecule has 226 valence electrons. The third-order valence-corrected chi connectivity index (χ3v) is 8.76. The van der Waals surface area contributed by atoms with E-state index in [1.54, 1.807) is 30.3 Å². The number of ether oxygens (including phenoxy) is 1. The predicted molar refractivity (Wildman–Crippen MR) is 167 cm³/mol. The van der Waals surface area contributed by atoms with Gasteiger partial charge in [-0.2, -0.15) is 8.42 Å². The maximum absolute atomic E-state index is 13.6. The number of hydrogen-bond acceptors (Lipinski definition) is 8. The molecule has 1 saturated heterocycles. The number of ketones is 1. The van der Waals surface area contributed by atoms with Gasteiger partial charge >= 0.3 is 0 Å². The molecule has 43 heavy (non-hydrogen) atoms. The second-order valence-corrected chi connectivity index (χ2v) is 12.6. The number of carbonyl (C=O) groups is 2. The molecule has 3 heterocycles. The van der Waals surface area contributed by atoms with Crippen LogP contribution in [0.15, 0.2) is 53.6 Å². The highest BCUT2D eigenvalue weighted by molar-refractivity contribution is 7.90. The van der Waals surface area contributed by atoms with Gasteiger partial charge in [-0.3, -0.25) is 9.59 Å². The molecule has 2 aromatic heterocycles. The Kier molecular flexibility index (Phi) is 10.4. The molecule has 0 bridgehead atoms. The first kappa shape index (κ1) is 32.0. The number of aromatic nitrogens is 2. The van der Waals surface area contributed by atoms with Crippen LogP contribution in [0.25, 0.3) is 11.3 Å². The minimum atomic E-state index is -4.36. The first-order chi connectivity index (χ1) is 20.5. The van der Waals surface area contributed by atoms with Crippen molar-refractivity contribution in [1.82, 2.24) is 14.7 Å². The zero-order valence-corrected chi connectivity index (χ0v) is 26.0. The zero-order chi connectivity index (χ0) is 31.1. The van der Waals surface area contributed by atoms with Gasteiger partial charge in [0.05, 0.1) is 22.9 Å². The SMILES string of the molecule is C#CCCC(=O)Cc1cccc(S(=O)(=O)NC(=O)c2ccc(-c3ccc(Cl)c(OCCC)c3)nc2N2[C@H](C)CC[C@@H]2C)n1. The van der Waals surface area contributed by atoms with Crippen LogP contribution in [-0.2, 0) is 21.2 Å². The summed E-state index contributed by atoms with van der Waals surface area (Å²) in [6.45, 7) is 6.62. The van der Waals surface area contributed by atoms with E-state index in [1.165, 1.54) is 12.1 Å². The Morgan fingerprint density at radius 3 is 2.56 bits per heavy atom. The summed E-state index contributed by atoms with van der Waals surface area (Å²) in [4.78, 5) is 36.8. The molecule has 9 nitrogen and oxygen atoms in total. The molecular formula is C32H35ClN4O5S. The van der Waals surface area contributed by atoms with Crippen LogP contribution < -0.4 is 14.4 Å². The number of terminal acetylenes is 1. The lowest BCUT2D eigenvalue weighted by atomic mass is 10.1. The van der Waals surface area contributed by atoms with Gasteiger partial charge in [-0.25, -0.2) is 14.7 Å². The van der Waals surface area contributed by atoms with E-state index < -0.39 is 15.9 Å². The number of hydrogen-bond donors (Lipinski definition) is 1. The molecule has 1 aliphatic heterocycles. The van der Waals surface area contributed by atoms with Gasteiger partial charge in [0.1, 0.15) is 17.4 Å². The fourth-order valence-electron chi connectivity index (χ4n) is 5.02. The van der Waals surface area contributed by atoms with Crippen LogP contribution in [-0.4, -0.2) is 48.8 Å². The van der Waals surface area contributed by atoms with E-state index in [9.17, 15) is 18.0 Å². The summed E-state index contributed by atoms with van der Waals surface area (Å²) >= 11 is 6.33. The van der Waals surface area contributed by atoms with Crippen molar-refractivity contribution in [3.63, 3.8) is 0 Å². The summed E-state index contributed by atoms with van der Waals surface area (Å²) in [6, 6.07) is 13.1. The van der Waals surface area contributed by atoms with Crippen LogP contribution in [0.3, 0.4) is 0 Å². The number of benzene rings is 1. The predicted octanol–water partition coefficient (Wildman–Crippen LogP) is 5.61. The quantitative estimate of drug-likeness (QED) is 0.259. The fourth-order valence-corrected chi connectivity index (χ4v) is 6.14. The molecule has 0 unspecified atom stereocenters. The topological polar surface area (TPSA) is 119 Å². The summed E-state index contributed by atoms with van der Waals surface area (Å²) in [5.74, 6) is 2.34. The van der Waals surface area contributed by atoms with Gasteiger partial charge in [0.25, 0.3) is 15.9 Å². The second-order valence-electron chi connectivity index (χ2n) is 10.6. The third-order valence-electron chi connectivity index (χ3n) is 7.21. The average molecular weight is 623 g/mol. The van der Waals surface area contributed by atoms with Gasteiger partial charge in [-0.15, -0.1) is 12.3 Å². The van der Waals surface area contributed by atoms with Crippen molar-refractivity contribution >= 4 is 39.1 Å². The highest BCUT2D eigenvalue weighted by atomic mass is 35.5. The van der Waals surface area contributed by atoms with E-state index in [4.69, 9.17) is 27.7 Å². The molecule has 0 radical (unpaired) electrons. The summed E-state index contributed by atoms with van der Waals surface area (Å²) < 4.78 is 34.5. The molecular weight excluding hydrogens is 588 g/mol. The standard InChI is InChI=1S/C32H35ClN4O5S/c1-5-7-10-25(38)20-24-9-8-11-30(34-24)43(40,41)36-32(39)26-15-17-28(35-31(26)37-21(3)12-13-22(37)4)23-14-16-27(33)29(19-23)42-18-6-2/h1,8-9,11,14-17,19,21-22H,6-7,10,12-13,18,20H2,2-4H3,(H,36,39)/t21-,22+. The molecule has 0 spiro atoms. The molecule has 4 rings (SSSR count). The molecule has 1 aromatic carbocycles. The number of sulfonamides is 1. The van der Waals surface area contributed by atoms with Crippen molar-refractivity contribution < 1.29 is 22.7 Å². The van der Waals surface area contributed by atoms with E-state index in [0.29, 0.717) is 35.3 Å². The first-order valence-electron chi connectivity index (χ1n) is 14.2. The molecule has 1 N–H and O–H groups in total. The molecule has 1 fully saturated rings. The fraction of sp³-hybridized carbons (Fsp3) is 0.375. The monoisotopic (exact) mass is 622 g/mol. The molecule has 2 atom stereocenters. The molecule has 0 saturated carbocycles. The lowest BCUT2D eigenvalue weighted by Crippen LogP contribution is -2.37. The number of nitrogens with one attached hydrogen (secondary N) is 1. The zero-order valence-electron chi connectivity index (χ0n) is 24.5. The number of anilines is 1. The van der Waals surface area contributed by atoms with Crippen molar-refractivity contribution in [2.24, 2.45) is 0 Å². The number of amides is 1. The Morgan fingerprint density at radius 2 is 1.86 bits per heavy atom. The molecule has 0 aliphatic carbocycles. The van der Waals surface area contributed by atoms with Crippen LogP contribution in [0.2, 0.25) is 5.02 Å². The van der Waals surface area contributed by atoms with Crippen LogP contribution in [0.1, 0.15) is 68.9 Å². The van der Waals surface area contributed by atoms with E-state index >= 15 is 0 Å². The first-order valence-corrected chi connectivity index (χ1v) is 16.1. The van der Waals surface area contributed by atoms with Gasteiger partial charge in [-0.05, 0) is 69.5 Å². The number of carbonyl (C=O) groups excluding carboxylic acids is 2. The Balaban J connectivity index is 1.66. The van der Waals surface area contributed by atoms with Gasteiger partial charge in [0.15, 0.2) is 5.03 Å². The molecule has 3 aromatic rings. The minimum absolute atomic E-state index is 0.0604. The third kappa shape index (κ3) is 7.72. The van der Waals surface area contributed by atoms with Crippen molar-refractivity contribution in [1.29, 1.82) is 0 Å². The van der Waals surface area contributed by atoms with Crippen molar-refractivity contribution in [2.75, 3.05) is 11.5 Å². The number of nitrogens with zero attached hydrogens (tertiary/aromatic N) is 3. The highest BCUT2D eigenvalue weighted by Gasteiger charge is 2.33. The summed E-state index contributed by atoms with van der Waals surface area (Å²) in [6.07, 6.45) is 8.26.